The average Bonchev–Trinajstić information content (AvgIpc) is 2.30. The van der Waals surface area contributed by atoms with Crippen LogP contribution in [-0.2, 0) is 4.79 Å². The molecule has 19 heavy (non-hydrogen) atoms. The van der Waals surface area contributed by atoms with Crippen LogP contribution in [0.25, 0.3) is 0 Å². The minimum Gasteiger partial charge on any atom is -0.480 e. The molecule has 1 N–H and O–H groups in total. The zero-order valence-electron chi connectivity index (χ0n) is 11.5. The van der Waals surface area contributed by atoms with Crippen LogP contribution in [0.1, 0.15) is 32.4 Å². The van der Waals surface area contributed by atoms with Gasteiger partial charge in [0.25, 0.3) is 0 Å². The van der Waals surface area contributed by atoms with Gasteiger partial charge in [-0.05, 0) is 38.1 Å². The highest BCUT2D eigenvalue weighted by molar-refractivity contribution is 5.73. The summed E-state index contributed by atoms with van der Waals surface area (Å²) in [6.07, 6.45) is 0. The van der Waals surface area contributed by atoms with E-state index in [1.54, 1.807) is 32.7 Å². The molecule has 0 aliphatic carbocycles. The van der Waals surface area contributed by atoms with Crippen molar-refractivity contribution in [1.29, 1.82) is 0 Å². The molecule has 0 radical (unpaired) electrons. The monoisotopic (exact) mass is 271 g/mol. The Morgan fingerprint density at radius 2 is 1.84 bits per heavy atom. The van der Waals surface area contributed by atoms with E-state index < -0.39 is 29.7 Å². The third-order valence-corrected chi connectivity index (χ3v) is 3.34. The van der Waals surface area contributed by atoms with Gasteiger partial charge in [0.2, 0.25) is 0 Å². The van der Waals surface area contributed by atoms with E-state index in [4.69, 9.17) is 0 Å². The van der Waals surface area contributed by atoms with E-state index >= 15 is 0 Å². The molecule has 0 heterocycles. The Morgan fingerprint density at radius 1 is 1.26 bits per heavy atom. The summed E-state index contributed by atoms with van der Waals surface area (Å²) in [6, 6.07) is 1.93. The van der Waals surface area contributed by atoms with Crippen LogP contribution in [0.4, 0.5) is 8.78 Å². The van der Waals surface area contributed by atoms with Crippen molar-refractivity contribution in [3.8, 4) is 0 Å². The first-order valence-electron chi connectivity index (χ1n) is 6.15. The Bertz CT molecular complexity index is 463. The Kier molecular flexibility index (Phi) is 5.00. The van der Waals surface area contributed by atoms with E-state index in [9.17, 15) is 18.7 Å². The van der Waals surface area contributed by atoms with Crippen LogP contribution in [0.3, 0.4) is 0 Å². The molecule has 0 aromatic heterocycles. The predicted molar refractivity (Wildman–Crippen MR) is 68.8 cm³/mol. The zero-order valence-corrected chi connectivity index (χ0v) is 11.5. The van der Waals surface area contributed by atoms with Gasteiger partial charge in [-0.2, -0.15) is 0 Å². The molecule has 3 nitrogen and oxygen atoms in total. The third-order valence-electron chi connectivity index (χ3n) is 3.34. The molecule has 0 amide bonds. The molecule has 2 atom stereocenters. The zero-order chi connectivity index (χ0) is 14.7. The van der Waals surface area contributed by atoms with Gasteiger partial charge in [-0.3, -0.25) is 9.69 Å². The third kappa shape index (κ3) is 3.50. The van der Waals surface area contributed by atoms with E-state index in [0.29, 0.717) is 0 Å². The van der Waals surface area contributed by atoms with Gasteiger partial charge in [-0.25, -0.2) is 8.78 Å². The highest BCUT2D eigenvalue weighted by Gasteiger charge is 2.30. The molecule has 1 rings (SSSR count). The average molecular weight is 271 g/mol. The topological polar surface area (TPSA) is 40.5 Å². The maximum Gasteiger partial charge on any atom is 0.321 e. The molecule has 0 aliphatic rings. The van der Waals surface area contributed by atoms with Gasteiger partial charge in [-0.1, -0.05) is 13.8 Å². The lowest BCUT2D eigenvalue weighted by Gasteiger charge is -2.33. The number of carboxylic acid groups (broad SMARTS) is 1. The van der Waals surface area contributed by atoms with Crippen LogP contribution in [-0.4, -0.2) is 29.1 Å². The number of carboxylic acids is 1. The number of halogens is 2. The van der Waals surface area contributed by atoms with Crippen LogP contribution >= 0.6 is 0 Å². The van der Waals surface area contributed by atoms with Crippen molar-refractivity contribution >= 4 is 5.97 Å². The second-order valence-corrected chi connectivity index (χ2v) is 5.03. The fourth-order valence-electron chi connectivity index (χ4n) is 2.22. The lowest BCUT2D eigenvalue weighted by molar-refractivity contribution is -0.145. The van der Waals surface area contributed by atoms with Crippen molar-refractivity contribution < 1.29 is 18.7 Å². The SMILES string of the molecule is CC(C)C(C(=O)O)N(C)C(C)c1cc(F)ccc1F. The summed E-state index contributed by atoms with van der Waals surface area (Å²) in [7, 11) is 1.60. The van der Waals surface area contributed by atoms with Gasteiger partial charge in [-0.15, -0.1) is 0 Å². The van der Waals surface area contributed by atoms with Crippen LogP contribution < -0.4 is 0 Å². The number of hydrogen-bond acceptors (Lipinski definition) is 2. The highest BCUT2D eigenvalue weighted by Crippen LogP contribution is 2.26. The molecule has 1 aromatic carbocycles. The Hall–Kier alpha value is -1.49. The van der Waals surface area contributed by atoms with Crippen LogP contribution in [0.2, 0.25) is 0 Å². The predicted octanol–water partition coefficient (Wildman–Crippen LogP) is 3.07. The first kappa shape index (κ1) is 15.6. The number of carbonyl (C=O) groups is 1. The maximum absolute atomic E-state index is 13.7. The van der Waals surface area contributed by atoms with Gasteiger partial charge in [0.1, 0.15) is 17.7 Å². The summed E-state index contributed by atoms with van der Waals surface area (Å²) >= 11 is 0. The first-order chi connectivity index (χ1) is 8.75. The quantitative estimate of drug-likeness (QED) is 0.894. The van der Waals surface area contributed by atoms with E-state index in [1.165, 1.54) is 0 Å². The highest BCUT2D eigenvalue weighted by atomic mass is 19.1. The van der Waals surface area contributed by atoms with E-state index in [2.05, 4.69) is 0 Å². The van der Waals surface area contributed by atoms with Crippen LogP contribution in [0.5, 0.6) is 0 Å². The van der Waals surface area contributed by atoms with Crippen molar-refractivity contribution in [2.24, 2.45) is 5.92 Å². The molecule has 0 saturated heterocycles. The van der Waals surface area contributed by atoms with Crippen molar-refractivity contribution in [3.63, 3.8) is 0 Å². The van der Waals surface area contributed by atoms with Crippen LogP contribution in [0.15, 0.2) is 18.2 Å². The molecule has 0 bridgehead atoms. The normalized spacial score (nSPS) is 14.7. The smallest absolute Gasteiger partial charge is 0.321 e. The maximum atomic E-state index is 13.7. The van der Waals surface area contributed by atoms with Crippen molar-refractivity contribution in [2.75, 3.05) is 7.05 Å². The summed E-state index contributed by atoms with van der Waals surface area (Å²) in [6.45, 7) is 5.23. The second-order valence-electron chi connectivity index (χ2n) is 5.03. The summed E-state index contributed by atoms with van der Waals surface area (Å²) in [5.41, 5.74) is 0.161. The molecular formula is C14H19F2NO2. The lowest BCUT2D eigenvalue weighted by Crippen LogP contribution is -2.43. The molecule has 2 unspecified atom stereocenters. The minimum atomic E-state index is -0.971. The van der Waals surface area contributed by atoms with E-state index in [-0.39, 0.29) is 11.5 Å². The number of hydrogen-bond donors (Lipinski definition) is 1. The molecule has 1 aromatic rings. The molecular weight excluding hydrogens is 252 g/mol. The number of rotatable bonds is 5. The van der Waals surface area contributed by atoms with Gasteiger partial charge in [0.05, 0.1) is 0 Å². The number of benzene rings is 1. The fourth-order valence-corrected chi connectivity index (χ4v) is 2.22. The molecule has 5 heteroatoms. The van der Waals surface area contributed by atoms with Gasteiger partial charge < -0.3 is 5.11 Å². The minimum absolute atomic E-state index is 0.137. The molecule has 0 fully saturated rings. The summed E-state index contributed by atoms with van der Waals surface area (Å²) in [5, 5.41) is 9.22. The number of nitrogens with zero attached hydrogens (tertiary/aromatic N) is 1. The van der Waals surface area contributed by atoms with Gasteiger partial charge in [0.15, 0.2) is 0 Å². The number of aliphatic carboxylic acids is 1. The van der Waals surface area contributed by atoms with E-state index in [1.807, 2.05) is 0 Å². The van der Waals surface area contributed by atoms with Gasteiger partial charge >= 0.3 is 5.97 Å². The Labute approximate surface area is 111 Å². The molecule has 0 spiro atoms. The standard InChI is InChI=1S/C14H19F2NO2/c1-8(2)13(14(18)19)17(4)9(3)11-7-10(15)5-6-12(11)16/h5-9,13H,1-4H3,(H,18,19). The lowest BCUT2D eigenvalue weighted by atomic mass is 9.98. The first-order valence-corrected chi connectivity index (χ1v) is 6.15. The Morgan fingerprint density at radius 3 is 2.32 bits per heavy atom. The van der Waals surface area contributed by atoms with E-state index in [0.717, 1.165) is 18.2 Å². The van der Waals surface area contributed by atoms with Gasteiger partial charge in [0, 0.05) is 11.6 Å². The van der Waals surface area contributed by atoms with Crippen molar-refractivity contribution in [1.82, 2.24) is 4.90 Å². The number of likely N-dealkylation sites (N-methyl/N-ethyl adjacent to an activating group) is 1. The summed E-state index contributed by atoms with van der Waals surface area (Å²) < 4.78 is 26.9. The summed E-state index contributed by atoms with van der Waals surface area (Å²) in [4.78, 5) is 12.8. The molecule has 0 aliphatic heterocycles. The van der Waals surface area contributed by atoms with Crippen molar-refractivity contribution in [3.05, 3.63) is 35.4 Å². The fraction of sp³-hybridized carbons (Fsp3) is 0.500. The largest absolute Gasteiger partial charge is 0.480 e. The Balaban J connectivity index is 3.07. The van der Waals surface area contributed by atoms with Crippen LogP contribution in [0, 0.1) is 17.6 Å². The summed E-state index contributed by atoms with van der Waals surface area (Å²) in [5.74, 6) is -2.18. The molecule has 106 valence electrons. The molecule has 0 saturated carbocycles. The van der Waals surface area contributed by atoms with Crippen molar-refractivity contribution in [2.45, 2.75) is 32.9 Å². The second kappa shape index (κ2) is 6.10.